The number of unbranched alkanes of at least 4 members (excludes halogenated alkanes) is 7. The molecule has 0 saturated heterocycles. The maximum Gasteiger partial charge on any atom is 0.255 e. The Morgan fingerprint density at radius 1 is 1.19 bits per heavy atom. The number of nitrogens with two attached hydrogens (primary N) is 1. The molecule has 5 heteroatoms. The molecule has 5 nitrogen and oxygen atoms in total. The van der Waals surface area contributed by atoms with Gasteiger partial charge in [-0.2, -0.15) is 4.73 Å². The van der Waals surface area contributed by atoms with Crippen molar-refractivity contribution < 1.29 is 5.21 Å². The lowest BCUT2D eigenvalue weighted by atomic mass is 10.0. The van der Waals surface area contributed by atoms with Gasteiger partial charge in [-0.25, -0.2) is 4.98 Å². The minimum atomic E-state index is -0.147. The van der Waals surface area contributed by atoms with Crippen molar-refractivity contribution in [3.63, 3.8) is 0 Å². The molecule has 0 aromatic carbocycles. The van der Waals surface area contributed by atoms with Crippen molar-refractivity contribution in [2.45, 2.75) is 77.2 Å². The monoisotopic (exact) mass is 294 g/mol. The lowest BCUT2D eigenvalue weighted by Crippen LogP contribution is -2.29. The van der Waals surface area contributed by atoms with Gasteiger partial charge in [-0.05, 0) is 12.5 Å². The summed E-state index contributed by atoms with van der Waals surface area (Å²) < 4.78 is 0.813. The molecule has 1 aromatic heterocycles. The Kier molecular flexibility index (Phi) is 8.74. The maximum atomic E-state index is 9.67. The average molecular weight is 294 g/mol. The minimum absolute atomic E-state index is 0.0327. The summed E-state index contributed by atoms with van der Waals surface area (Å²) in [5, 5.41) is 17.1. The summed E-state index contributed by atoms with van der Waals surface area (Å²) in [7, 11) is 0. The normalized spacial score (nSPS) is 12.5. The Morgan fingerprint density at radius 3 is 2.48 bits per heavy atom. The second kappa shape index (κ2) is 10.4. The lowest BCUT2D eigenvalue weighted by Gasteiger charge is -2.13. The number of hydrogen-bond acceptors (Lipinski definition) is 4. The molecule has 120 valence electrons. The van der Waals surface area contributed by atoms with E-state index in [-0.39, 0.29) is 11.7 Å². The Labute approximate surface area is 127 Å². The molecular formula is C16H30N4O. The van der Waals surface area contributed by atoms with Gasteiger partial charge < -0.3 is 10.9 Å². The standard InChI is InChI=1S/C16H30N4O/c1-2-3-4-5-6-7-8-9-10-14(17)13-15-11-12-19-16(18)20(15)21/h11-12,14,18,21H,2-10,13,17H2,1H3. The highest BCUT2D eigenvalue weighted by atomic mass is 16.5. The fourth-order valence-corrected chi connectivity index (χ4v) is 2.52. The molecule has 1 atom stereocenters. The van der Waals surface area contributed by atoms with Gasteiger partial charge in [0.05, 0.1) is 5.69 Å². The highest BCUT2D eigenvalue weighted by Crippen LogP contribution is 2.11. The van der Waals surface area contributed by atoms with E-state index >= 15 is 0 Å². The molecule has 1 unspecified atom stereocenters. The predicted octanol–water partition coefficient (Wildman–Crippen LogP) is 3.00. The van der Waals surface area contributed by atoms with Crippen LogP contribution in [0.15, 0.2) is 12.3 Å². The molecule has 0 aliphatic carbocycles. The molecule has 0 saturated carbocycles. The molecule has 0 spiro atoms. The summed E-state index contributed by atoms with van der Waals surface area (Å²) >= 11 is 0. The van der Waals surface area contributed by atoms with E-state index in [1.54, 1.807) is 6.07 Å². The van der Waals surface area contributed by atoms with E-state index in [1.807, 2.05) is 0 Å². The molecule has 0 amide bonds. The van der Waals surface area contributed by atoms with Gasteiger partial charge in [-0.1, -0.05) is 58.3 Å². The molecule has 0 aliphatic heterocycles. The Balaban J connectivity index is 2.13. The molecular weight excluding hydrogens is 264 g/mol. The first-order valence-corrected chi connectivity index (χ1v) is 8.21. The summed E-state index contributed by atoms with van der Waals surface area (Å²) in [6, 6.07) is 1.75. The van der Waals surface area contributed by atoms with Crippen LogP contribution in [0.1, 0.15) is 70.4 Å². The van der Waals surface area contributed by atoms with Crippen LogP contribution >= 0.6 is 0 Å². The molecule has 0 bridgehead atoms. The van der Waals surface area contributed by atoms with Gasteiger partial charge in [0.15, 0.2) is 0 Å². The van der Waals surface area contributed by atoms with E-state index in [0.29, 0.717) is 12.1 Å². The van der Waals surface area contributed by atoms with Crippen LogP contribution < -0.4 is 11.4 Å². The number of rotatable bonds is 11. The number of hydrogen-bond donors (Lipinski definition) is 3. The zero-order valence-electron chi connectivity index (χ0n) is 13.2. The second-order valence-electron chi connectivity index (χ2n) is 5.80. The molecule has 4 N–H and O–H groups in total. The number of nitrogens with one attached hydrogen (secondary N) is 1. The second-order valence-corrected chi connectivity index (χ2v) is 5.80. The fraction of sp³-hybridized carbons (Fsp3) is 0.750. The van der Waals surface area contributed by atoms with E-state index in [0.717, 1.165) is 17.6 Å². The molecule has 1 rings (SSSR count). The third-order valence-corrected chi connectivity index (χ3v) is 3.84. The highest BCUT2D eigenvalue weighted by Gasteiger charge is 2.08. The van der Waals surface area contributed by atoms with Crippen molar-refractivity contribution in [2.75, 3.05) is 0 Å². The first kappa shape index (κ1) is 17.7. The maximum absolute atomic E-state index is 9.67. The lowest BCUT2D eigenvalue weighted by molar-refractivity contribution is 0.154. The summed E-state index contributed by atoms with van der Waals surface area (Å²) in [6.45, 7) is 2.24. The van der Waals surface area contributed by atoms with Crippen molar-refractivity contribution in [2.24, 2.45) is 5.73 Å². The Morgan fingerprint density at radius 2 is 1.81 bits per heavy atom. The molecule has 21 heavy (non-hydrogen) atoms. The van der Waals surface area contributed by atoms with Crippen LogP contribution in [-0.4, -0.2) is 21.0 Å². The van der Waals surface area contributed by atoms with E-state index in [1.165, 1.54) is 51.1 Å². The van der Waals surface area contributed by atoms with Gasteiger partial charge in [0.1, 0.15) is 0 Å². The van der Waals surface area contributed by atoms with E-state index < -0.39 is 0 Å². The number of aromatic nitrogens is 2. The van der Waals surface area contributed by atoms with Crippen molar-refractivity contribution in [1.82, 2.24) is 9.71 Å². The first-order chi connectivity index (χ1) is 10.1. The Hall–Kier alpha value is -1.36. The molecule has 1 heterocycles. The van der Waals surface area contributed by atoms with Crippen LogP contribution in [0.2, 0.25) is 0 Å². The van der Waals surface area contributed by atoms with Crippen LogP contribution in [0.3, 0.4) is 0 Å². The molecule has 0 radical (unpaired) electrons. The van der Waals surface area contributed by atoms with Crippen LogP contribution in [0.25, 0.3) is 0 Å². The highest BCUT2D eigenvalue weighted by molar-refractivity contribution is 5.01. The van der Waals surface area contributed by atoms with Crippen LogP contribution in [-0.2, 0) is 6.42 Å². The van der Waals surface area contributed by atoms with Crippen LogP contribution in [0.5, 0.6) is 0 Å². The van der Waals surface area contributed by atoms with Crippen molar-refractivity contribution in [3.05, 3.63) is 23.6 Å². The summed E-state index contributed by atoms with van der Waals surface area (Å²) in [5.41, 5.74) is 6.61. The zero-order chi connectivity index (χ0) is 15.5. The van der Waals surface area contributed by atoms with Crippen molar-refractivity contribution in [3.8, 4) is 0 Å². The van der Waals surface area contributed by atoms with Crippen molar-refractivity contribution >= 4 is 0 Å². The first-order valence-electron chi connectivity index (χ1n) is 8.21. The smallest absolute Gasteiger partial charge is 0.255 e. The summed E-state index contributed by atoms with van der Waals surface area (Å²) in [6.07, 6.45) is 13.5. The Bertz CT molecular complexity index is 444. The van der Waals surface area contributed by atoms with Crippen LogP contribution in [0.4, 0.5) is 0 Å². The van der Waals surface area contributed by atoms with Gasteiger partial charge in [-0.3, -0.25) is 5.41 Å². The molecule has 0 aliphatic rings. The van der Waals surface area contributed by atoms with Gasteiger partial charge in [0, 0.05) is 18.7 Å². The number of nitrogens with zero attached hydrogens (tertiary/aromatic N) is 2. The average Bonchev–Trinajstić information content (AvgIpc) is 2.47. The van der Waals surface area contributed by atoms with Crippen LogP contribution in [0, 0.1) is 5.41 Å². The van der Waals surface area contributed by atoms with Gasteiger partial charge >= 0.3 is 0 Å². The van der Waals surface area contributed by atoms with Crippen molar-refractivity contribution in [1.29, 1.82) is 5.41 Å². The summed E-state index contributed by atoms with van der Waals surface area (Å²) in [5.74, 6) is 0. The zero-order valence-corrected chi connectivity index (χ0v) is 13.2. The minimum Gasteiger partial charge on any atom is -0.425 e. The van der Waals surface area contributed by atoms with E-state index in [9.17, 15) is 5.21 Å². The SMILES string of the molecule is CCCCCCCCCCC(N)Cc1ccnc(=N)n1O. The molecule has 1 aromatic rings. The fourth-order valence-electron chi connectivity index (χ4n) is 2.52. The summed E-state index contributed by atoms with van der Waals surface area (Å²) in [4.78, 5) is 3.70. The molecule has 0 fully saturated rings. The van der Waals surface area contributed by atoms with E-state index in [2.05, 4.69) is 11.9 Å². The van der Waals surface area contributed by atoms with E-state index in [4.69, 9.17) is 11.1 Å². The predicted molar refractivity (Wildman–Crippen MR) is 84.2 cm³/mol. The quantitative estimate of drug-likeness (QED) is 0.433. The van der Waals surface area contributed by atoms with Gasteiger partial charge in [0.2, 0.25) is 0 Å². The third-order valence-electron chi connectivity index (χ3n) is 3.84. The largest absolute Gasteiger partial charge is 0.425 e. The topological polar surface area (TPSA) is 87.9 Å². The third kappa shape index (κ3) is 7.27. The van der Waals surface area contributed by atoms with Gasteiger partial charge in [-0.15, -0.1) is 0 Å². The van der Waals surface area contributed by atoms with Gasteiger partial charge in [0.25, 0.3) is 5.62 Å².